The van der Waals surface area contributed by atoms with Crippen molar-refractivity contribution < 1.29 is 35.9 Å². The van der Waals surface area contributed by atoms with Crippen LogP contribution in [0.2, 0.25) is 0 Å². The van der Waals surface area contributed by atoms with E-state index in [1.165, 1.54) is 4.90 Å². The average molecular weight is 574 g/mol. The van der Waals surface area contributed by atoms with Gasteiger partial charge in [-0.2, -0.15) is 26.3 Å². The van der Waals surface area contributed by atoms with E-state index in [0.29, 0.717) is 22.3 Å². The van der Waals surface area contributed by atoms with Gasteiger partial charge in [0.05, 0.1) is 24.3 Å². The van der Waals surface area contributed by atoms with Crippen LogP contribution in [0.25, 0.3) is 6.08 Å². The third-order valence-corrected chi connectivity index (χ3v) is 7.70. The third kappa shape index (κ3) is 7.70. The number of hydrogen-bond donors (Lipinski definition) is 1. The Morgan fingerprint density at radius 1 is 0.974 bits per heavy atom. The van der Waals surface area contributed by atoms with Gasteiger partial charge in [-0.3, -0.25) is 4.79 Å². The maximum atomic E-state index is 14.2. The number of ether oxygens (including phenoxy) is 1. The smallest absolute Gasteiger partial charge is 0.382 e. The lowest BCUT2D eigenvalue weighted by molar-refractivity contribution is -0.163. The molecule has 0 saturated carbocycles. The molecule has 1 N–H and O–H groups in total. The Kier molecular flexibility index (Phi) is 9.18. The van der Waals surface area contributed by atoms with Crippen molar-refractivity contribution in [2.24, 2.45) is 0 Å². The first-order valence-corrected chi connectivity index (χ1v) is 13.3. The molecular weight excluding hydrogens is 544 g/mol. The van der Waals surface area contributed by atoms with Crippen molar-refractivity contribution in [3.05, 3.63) is 59.2 Å². The number of anilines is 1. The fraction of sp³-hybridized carbons (Fsp3) is 0.444. The molecule has 2 heterocycles. The normalized spacial score (nSPS) is 18.1. The van der Waals surface area contributed by atoms with E-state index in [4.69, 9.17) is 4.74 Å². The van der Waals surface area contributed by atoms with Crippen molar-refractivity contribution in [2.75, 3.05) is 51.8 Å². The molecule has 39 heavy (non-hydrogen) atoms. The summed E-state index contributed by atoms with van der Waals surface area (Å²) in [5.41, 5.74) is -3.61. The summed E-state index contributed by atoms with van der Waals surface area (Å²) >= 11 is 0.622. The zero-order chi connectivity index (χ0) is 28.2. The first-order valence-electron chi connectivity index (χ1n) is 12.5. The number of carbonyl (C=O) groups excluding carboxylic acids is 1. The van der Waals surface area contributed by atoms with Crippen LogP contribution >= 0.6 is 11.8 Å². The number of morpholine rings is 1. The lowest BCUT2D eigenvalue weighted by Crippen LogP contribution is -2.39. The molecule has 0 bridgehead atoms. The molecule has 0 aliphatic carbocycles. The summed E-state index contributed by atoms with van der Waals surface area (Å²) in [6.45, 7) is 2.91. The van der Waals surface area contributed by atoms with Gasteiger partial charge in [-0.05, 0) is 68.9 Å². The van der Waals surface area contributed by atoms with Crippen molar-refractivity contribution in [1.29, 1.82) is 0 Å². The summed E-state index contributed by atoms with van der Waals surface area (Å²) < 4.78 is 90.1. The van der Waals surface area contributed by atoms with Crippen LogP contribution in [-0.2, 0) is 21.9 Å². The number of halogens is 6. The molecule has 0 radical (unpaired) electrons. The number of piperidine rings is 1. The predicted octanol–water partition coefficient (Wildman–Crippen LogP) is 6.25. The van der Waals surface area contributed by atoms with Crippen LogP contribution in [0.3, 0.4) is 0 Å². The van der Waals surface area contributed by atoms with Gasteiger partial charge >= 0.3 is 12.4 Å². The molecule has 5 nitrogen and oxygen atoms in total. The Balaban J connectivity index is 1.64. The highest BCUT2D eigenvalue weighted by Crippen LogP contribution is 2.48. The summed E-state index contributed by atoms with van der Waals surface area (Å²) in [4.78, 5) is 15.8. The minimum absolute atomic E-state index is 0.204. The molecule has 0 spiro atoms. The topological polar surface area (TPSA) is 44.8 Å². The number of rotatable bonds is 6. The van der Waals surface area contributed by atoms with Gasteiger partial charge in [-0.15, -0.1) is 0 Å². The number of benzene rings is 2. The van der Waals surface area contributed by atoms with Crippen molar-refractivity contribution in [1.82, 2.24) is 9.80 Å². The van der Waals surface area contributed by atoms with Gasteiger partial charge in [0.1, 0.15) is 0 Å². The van der Waals surface area contributed by atoms with E-state index >= 15 is 0 Å². The van der Waals surface area contributed by atoms with Crippen molar-refractivity contribution in [3.8, 4) is 0 Å². The monoisotopic (exact) mass is 573 g/mol. The highest BCUT2D eigenvalue weighted by atomic mass is 32.2. The second-order valence-corrected chi connectivity index (χ2v) is 10.6. The number of likely N-dealkylation sites (tertiary alicyclic amines) is 1. The molecule has 2 fully saturated rings. The van der Waals surface area contributed by atoms with Crippen LogP contribution in [0, 0.1) is 0 Å². The SMILES string of the molecule is CN1CCC(Nc2cccc(Sc3ccc(C=CC(=O)N4CCOCC4)c(C(F)(F)F)c3C(F)(F)F)c2)CC1. The Labute approximate surface area is 227 Å². The maximum Gasteiger partial charge on any atom is 0.418 e. The van der Waals surface area contributed by atoms with Crippen molar-refractivity contribution in [2.45, 2.75) is 41.0 Å². The van der Waals surface area contributed by atoms with E-state index < -0.39 is 39.8 Å². The van der Waals surface area contributed by atoms with Crippen LogP contribution in [0.15, 0.2) is 52.3 Å². The van der Waals surface area contributed by atoms with E-state index in [-0.39, 0.29) is 32.3 Å². The maximum absolute atomic E-state index is 14.2. The van der Waals surface area contributed by atoms with Gasteiger partial charge < -0.3 is 19.9 Å². The standard InChI is InChI=1S/C27H29F6N3O2S/c1-35-11-9-19(10-12-35)34-20-3-2-4-21(17-20)39-22-7-5-18(6-8-23(37)36-13-15-38-16-14-36)24(26(28,29)30)25(22)27(31,32)33/h2-8,17,19,34H,9-16H2,1H3. The highest BCUT2D eigenvalue weighted by Gasteiger charge is 2.46. The molecule has 0 unspecified atom stereocenters. The molecule has 2 aromatic carbocycles. The first-order chi connectivity index (χ1) is 18.4. The molecule has 12 heteroatoms. The molecule has 0 aromatic heterocycles. The summed E-state index contributed by atoms with van der Waals surface area (Å²) in [6.07, 6.45) is -7.10. The minimum atomic E-state index is -5.30. The summed E-state index contributed by atoms with van der Waals surface area (Å²) in [5, 5.41) is 3.38. The summed E-state index contributed by atoms with van der Waals surface area (Å²) in [7, 11) is 2.03. The summed E-state index contributed by atoms with van der Waals surface area (Å²) in [5.74, 6) is -0.590. The van der Waals surface area contributed by atoms with E-state index in [2.05, 4.69) is 10.2 Å². The van der Waals surface area contributed by atoms with Crippen molar-refractivity contribution in [3.63, 3.8) is 0 Å². The Hall–Kier alpha value is -2.70. The quantitative estimate of drug-likeness (QED) is 0.327. The van der Waals surface area contributed by atoms with Gasteiger partial charge in [0.25, 0.3) is 0 Å². The highest BCUT2D eigenvalue weighted by molar-refractivity contribution is 7.99. The third-order valence-electron chi connectivity index (χ3n) is 6.65. The first kappa shape index (κ1) is 29.3. The lowest BCUT2D eigenvalue weighted by atomic mass is 9.99. The van der Waals surface area contributed by atoms with E-state index in [1.807, 2.05) is 7.05 Å². The lowest BCUT2D eigenvalue weighted by Gasteiger charge is -2.30. The Morgan fingerprint density at radius 2 is 1.64 bits per heavy atom. The molecule has 2 aliphatic heterocycles. The average Bonchev–Trinajstić information content (AvgIpc) is 2.88. The molecule has 212 valence electrons. The van der Waals surface area contributed by atoms with Crippen LogP contribution in [-0.4, -0.2) is 68.2 Å². The largest absolute Gasteiger partial charge is 0.418 e. The van der Waals surface area contributed by atoms with Crippen molar-refractivity contribution >= 4 is 29.4 Å². The molecule has 2 aliphatic rings. The number of alkyl halides is 6. The molecule has 4 rings (SSSR count). The number of amides is 1. The van der Waals surface area contributed by atoms with Gasteiger partial charge in [0.15, 0.2) is 0 Å². The van der Waals surface area contributed by atoms with E-state index in [1.54, 1.807) is 24.3 Å². The second-order valence-electron chi connectivity index (χ2n) is 9.52. The van der Waals surface area contributed by atoms with Crippen LogP contribution < -0.4 is 5.32 Å². The summed E-state index contributed by atoms with van der Waals surface area (Å²) in [6, 6.07) is 8.86. The molecule has 0 atom stereocenters. The molecular formula is C27H29F6N3O2S. The van der Waals surface area contributed by atoms with E-state index in [0.717, 1.165) is 50.2 Å². The number of nitrogens with zero attached hydrogens (tertiary/aromatic N) is 2. The van der Waals surface area contributed by atoms with Crippen LogP contribution in [0.1, 0.15) is 29.5 Å². The number of carbonyl (C=O) groups is 1. The second kappa shape index (κ2) is 12.2. The van der Waals surface area contributed by atoms with Crippen LogP contribution in [0.4, 0.5) is 32.0 Å². The molecule has 2 aromatic rings. The Bertz CT molecular complexity index is 1190. The van der Waals surface area contributed by atoms with E-state index in [9.17, 15) is 31.1 Å². The zero-order valence-corrected chi connectivity index (χ0v) is 22.1. The molecule has 2 saturated heterocycles. The number of nitrogens with one attached hydrogen (secondary N) is 1. The van der Waals surface area contributed by atoms with Gasteiger partial charge in [0.2, 0.25) is 5.91 Å². The molecule has 1 amide bonds. The van der Waals surface area contributed by atoms with Gasteiger partial charge in [-0.1, -0.05) is 23.9 Å². The minimum Gasteiger partial charge on any atom is -0.382 e. The van der Waals surface area contributed by atoms with Gasteiger partial charge in [-0.25, -0.2) is 0 Å². The van der Waals surface area contributed by atoms with Crippen LogP contribution in [0.5, 0.6) is 0 Å². The zero-order valence-electron chi connectivity index (χ0n) is 21.2. The Morgan fingerprint density at radius 3 is 2.28 bits per heavy atom. The number of hydrogen-bond acceptors (Lipinski definition) is 5. The fourth-order valence-electron chi connectivity index (χ4n) is 4.63. The van der Waals surface area contributed by atoms with Gasteiger partial charge in [0, 0.05) is 40.7 Å². The fourth-order valence-corrected chi connectivity index (χ4v) is 5.67. The predicted molar refractivity (Wildman–Crippen MR) is 138 cm³/mol.